The molecule has 0 aliphatic rings. The van der Waals surface area contributed by atoms with E-state index < -0.39 is 0 Å². The molecule has 0 unspecified atom stereocenters. The molecule has 2 nitrogen and oxygen atoms in total. The van der Waals surface area contributed by atoms with Gasteiger partial charge in [0, 0.05) is 12.6 Å². The summed E-state index contributed by atoms with van der Waals surface area (Å²) < 4.78 is 5.11. The molecule has 2 rings (SSSR count). The first-order valence-electron chi connectivity index (χ1n) is 5.69. The summed E-state index contributed by atoms with van der Waals surface area (Å²) in [6, 6.07) is 11.6. The Morgan fingerprint density at radius 1 is 1.22 bits per heavy atom. The van der Waals surface area contributed by atoms with Gasteiger partial charge in [0.2, 0.25) is 0 Å². The molecule has 0 aliphatic heterocycles. The lowest BCUT2D eigenvalue weighted by molar-refractivity contribution is 0.415. The minimum atomic E-state index is 0.705. The standard InChI is InChI=1S/C15H14ClNO/c1-18-13-9-7-12(8-10-13)4-2-6-15-14(16)5-3-11-17-15/h2-5,7-11H,6H2,1H3. The van der Waals surface area contributed by atoms with Crippen molar-refractivity contribution in [3.63, 3.8) is 0 Å². The number of nitrogens with zero attached hydrogens (tertiary/aromatic N) is 1. The van der Waals surface area contributed by atoms with Crippen LogP contribution in [0.1, 0.15) is 11.3 Å². The van der Waals surface area contributed by atoms with Crippen LogP contribution < -0.4 is 4.74 Å². The highest BCUT2D eigenvalue weighted by molar-refractivity contribution is 6.31. The van der Waals surface area contributed by atoms with Gasteiger partial charge in [-0.25, -0.2) is 0 Å². The van der Waals surface area contributed by atoms with Crippen molar-refractivity contribution in [2.24, 2.45) is 0 Å². The molecular formula is C15H14ClNO. The lowest BCUT2D eigenvalue weighted by atomic mass is 10.1. The second kappa shape index (κ2) is 6.22. The predicted molar refractivity (Wildman–Crippen MR) is 75.0 cm³/mol. The highest BCUT2D eigenvalue weighted by Crippen LogP contribution is 2.15. The molecule has 0 radical (unpaired) electrons. The Hall–Kier alpha value is -1.80. The van der Waals surface area contributed by atoms with Crippen LogP contribution in [0.2, 0.25) is 5.02 Å². The van der Waals surface area contributed by atoms with E-state index in [1.165, 1.54) is 0 Å². The van der Waals surface area contributed by atoms with E-state index in [1.807, 2.05) is 42.5 Å². The Morgan fingerprint density at radius 2 is 2.00 bits per heavy atom. The highest BCUT2D eigenvalue weighted by Gasteiger charge is 1.97. The Bertz CT molecular complexity index is 534. The van der Waals surface area contributed by atoms with Crippen LogP contribution in [0.3, 0.4) is 0 Å². The molecule has 0 saturated carbocycles. The van der Waals surface area contributed by atoms with Crippen molar-refractivity contribution < 1.29 is 4.74 Å². The van der Waals surface area contributed by atoms with Crippen molar-refractivity contribution in [1.82, 2.24) is 4.98 Å². The van der Waals surface area contributed by atoms with Gasteiger partial charge in [0.1, 0.15) is 5.75 Å². The minimum Gasteiger partial charge on any atom is -0.497 e. The van der Waals surface area contributed by atoms with Crippen LogP contribution >= 0.6 is 11.6 Å². The van der Waals surface area contributed by atoms with E-state index in [4.69, 9.17) is 16.3 Å². The summed E-state index contributed by atoms with van der Waals surface area (Å²) in [5.74, 6) is 0.861. The van der Waals surface area contributed by atoms with Crippen molar-refractivity contribution in [2.45, 2.75) is 6.42 Å². The van der Waals surface area contributed by atoms with Gasteiger partial charge in [-0.05, 0) is 29.8 Å². The first-order chi connectivity index (χ1) is 8.79. The molecule has 0 aliphatic carbocycles. The van der Waals surface area contributed by atoms with Crippen molar-refractivity contribution in [2.75, 3.05) is 7.11 Å². The molecule has 1 heterocycles. The molecule has 0 atom stereocenters. The summed E-state index contributed by atoms with van der Waals surface area (Å²) in [5, 5.41) is 0.705. The maximum Gasteiger partial charge on any atom is 0.118 e. The molecule has 0 N–H and O–H groups in total. The van der Waals surface area contributed by atoms with E-state index in [0.29, 0.717) is 5.02 Å². The maximum atomic E-state index is 6.03. The van der Waals surface area contributed by atoms with Crippen LogP contribution in [0.4, 0.5) is 0 Å². The monoisotopic (exact) mass is 259 g/mol. The van der Waals surface area contributed by atoms with Gasteiger partial charge in [0.25, 0.3) is 0 Å². The first kappa shape index (κ1) is 12.7. The zero-order chi connectivity index (χ0) is 12.8. The molecule has 0 fully saturated rings. The van der Waals surface area contributed by atoms with Crippen LogP contribution in [0.25, 0.3) is 6.08 Å². The summed E-state index contributed by atoms with van der Waals surface area (Å²) in [6.07, 6.45) is 6.58. The zero-order valence-electron chi connectivity index (χ0n) is 10.1. The number of ether oxygens (including phenoxy) is 1. The van der Waals surface area contributed by atoms with E-state index in [0.717, 1.165) is 23.4 Å². The van der Waals surface area contributed by atoms with Crippen molar-refractivity contribution in [3.05, 3.63) is 65.0 Å². The van der Waals surface area contributed by atoms with Crippen LogP contribution in [0.15, 0.2) is 48.7 Å². The van der Waals surface area contributed by atoms with Crippen LogP contribution in [0.5, 0.6) is 5.75 Å². The van der Waals surface area contributed by atoms with Crippen molar-refractivity contribution in [1.29, 1.82) is 0 Å². The van der Waals surface area contributed by atoms with Crippen LogP contribution in [0, 0.1) is 0 Å². The van der Waals surface area contributed by atoms with Crippen LogP contribution in [-0.4, -0.2) is 12.1 Å². The second-order valence-corrected chi connectivity index (χ2v) is 4.22. The van der Waals surface area contributed by atoms with Gasteiger partial charge in [-0.1, -0.05) is 35.9 Å². The number of allylic oxidation sites excluding steroid dienone is 1. The molecule has 0 saturated heterocycles. The number of aromatic nitrogens is 1. The Labute approximate surface area is 112 Å². The number of hydrogen-bond acceptors (Lipinski definition) is 2. The van der Waals surface area contributed by atoms with Gasteiger partial charge in [-0.3, -0.25) is 4.98 Å². The molecular weight excluding hydrogens is 246 g/mol. The smallest absolute Gasteiger partial charge is 0.118 e. The SMILES string of the molecule is COc1ccc(C=CCc2ncccc2Cl)cc1. The number of methoxy groups -OCH3 is 1. The van der Waals surface area contributed by atoms with Gasteiger partial charge < -0.3 is 4.74 Å². The number of halogens is 1. The number of benzene rings is 1. The van der Waals surface area contributed by atoms with Crippen LogP contribution in [-0.2, 0) is 6.42 Å². The summed E-state index contributed by atoms with van der Waals surface area (Å²) >= 11 is 6.03. The maximum absolute atomic E-state index is 6.03. The summed E-state index contributed by atoms with van der Waals surface area (Å²) in [6.45, 7) is 0. The fraction of sp³-hybridized carbons (Fsp3) is 0.133. The van der Waals surface area contributed by atoms with E-state index in [-0.39, 0.29) is 0 Å². The molecule has 18 heavy (non-hydrogen) atoms. The van der Waals surface area contributed by atoms with E-state index in [1.54, 1.807) is 13.3 Å². The van der Waals surface area contributed by atoms with Gasteiger partial charge in [0.05, 0.1) is 17.8 Å². The van der Waals surface area contributed by atoms with Gasteiger partial charge in [0.15, 0.2) is 0 Å². The van der Waals surface area contributed by atoms with Crippen molar-refractivity contribution in [3.8, 4) is 5.75 Å². The van der Waals surface area contributed by atoms with E-state index >= 15 is 0 Å². The quantitative estimate of drug-likeness (QED) is 0.828. The predicted octanol–water partition coefficient (Wildman–Crippen LogP) is 4.00. The fourth-order valence-electron chi connectivity index (χ4n) is 1.59. The molecule has 0 amide bonds. The second-order valence-electron chi connectivity index (χ2n) is 3.81. The largest absolute Gasteiger partial charge is 0.497 e. The van der Waals surface area contributed by atoms with Crippen molar-refractivity contribution >= 4 is 17.7 Å². The normalized spacial score (nSPS) is 10.8. The first-order valence-corrected chi connectivity index (χ1v) is 6.07. The topological polar surface area (TPSA) is 22.1 Å². The van der Waals surface area contributed by atoms with Gasteiger partial charge >= 0.3 is 0 Å². The average molecular weight is 260 g/mol. The lowest BCUT2D eigenvalue weighted by Gasteiger charge is -2.00. The minimum absolute atomic E-state index is 0.705. The van der Waals surface area contributed by atoms with E-state index in [9.17, 15) is 0 Å². The summed E-state index contributed by atoms with van der Waals surface area (Å²) in [5.41, 5.74) is 2.02. The third-order valence-corrected chi connectivity index (χ3v) is 2.92. The molecule has 3 heteroatoms. The van der Waals surface area contributed by atoms with Gasteiger partial charge in [-0.2, -0.15) is 0 Å². The number of rotatable bonds is 4. The van der Waals surface area contributed by atoms with Gasteiger partial charge in [-0.15, -0.1) is 0 Å². The molecule has 0 spiro atoms. The molecule has 2 aromatic rings. The fourth-order valence-corrected chi connectivity index (χ4v) is 1.79. The Balaban J connectivity index is 2.01. The van der Waals surface area contributed by atoms with E-state index in [2.05, 4.69) is 11.1 Å². The number of pyridine rings is 1. The zero-order valence-corrected chi connectivity index (χ0v) is 10.9. The molecule has 92 valence electrons. The average Bonchev–Trinajstić information content (AvgIpc) is 2.42. The third kappa shape index (κ3) is 3.34. The summed E-state index contributed by atoms with van der Waals surface area (Å²) in [7, 11) is 1.66. The number of hydrogen-bond donors (Lipinski definition) is 0. The Morgan fingerprint density at radius 3 is 2.67 bits per heavy atom. The highest BCUT2D eigenvalue weighted by atomic mass is 35.5. The Kier molecular flexibility index (Phi) is 4.37. The third-order valence-electron chi connectivity index (χ3n) is 2.57. The molecule has 1 aromatic carbocycles. The molecule has 0 bridgehead atoms. The lowest BCUT2D eigenvalue weighted by Crippen LogP contribution is -1.87. The summed E-state index contributed by atoms with van der Waals surface area (Å²) in [4.78, 5) is 4.23. The molecule has 1 aromatic heterocycles.